The minimum Gasteiger partial charge on any atom is -0.493 e. The van der Waals surface area contributed by atoms with E-state index in [0.29, 0.717) is 24.7 Å². The highest BCUT2D eigenvalue weighted by Gasteiger charge is 2.31. The molecule has 1 aliphatic rings. The lowest BCUT2D eigenvalue weighted by atomic mass is 10.3. The lowest BCUT2D eigenvalue weighted by molar-refractivity contribution is -0.148. The molecule has 0 aromatic heterocycles. The van der Waals surface area contributed by atoms with Crippen LogP contribution in [0.4, 0.5) is 0 Å². The largest absolute Gasteiger partial charge is 0.493 e. The van der Waals surface area contributed by atoms with Crippen LogP contribution in [0.2, 0.25) is 0 Å². The van der Waals surface area contributed by atoms with Gasteiger partial charge in [-0.2, -0.15) is 0 Å². The predicted molar refractivity (Wildman–Crippen MR) is 87.7 cm³/mol. The summed E-state index contributed by atoms with van der Waals surface area (Å²) in [5, 5.41) is -0.109. The molecule has 1 amide bonds. The molecule has 0 N–H and O–H groups in total. The second-order valence-corrected chi connectivity index (χ2v) is 6.14. The van der Waals surface area contributed by atoms with Gasteiger partial charge in [0.1, 0.15) is 18.4 Å². The van der Waals surface area contributed by atoms with Crippen molar-refractivity contribution in [2.75, 3.05) is 32.6 Å². The van der Waals surface area contributed by atoms with Gasteiger partial charge in [-0.15, -0.1) is 11.8 Å². The van der Waals surface area contributed by atoms with E-state index in [1.807, 2.05) is 24.3 Å². The molecule has 7 heteroatoms. The number of methoxy groups -OCH3 is 1. The van der Waals surface area contributed by atoms with E-state index in [2.05, 4.69) is 0 Å². The third kappa shape index (κ3) is 4.79. The number of rotatable bonds is 7. The molecule has 1 fully saturated rings. The van der Waals surface area contributed by atoms with E-state index in [1.165, 1.54) is 0 Å². The molecule has 1 aliphatic heterocycles. The molecule has 1 aromatic rings. The van der Waals surface area contributed by atoms with Gasteiger partial charge in [-0.1, -0.05) is 12.1 Å². The second kappa shape index (κ2) is 8.67. The average molecular weight is 339 g/mol. The summed E-state index contributed by atoms with van der Waals surface area (Å²) in [6, 6.07) is 7.37. The fourth-order valence-electron chi connectivity index (χ4n) is 2.28. The first kappa shape index (κ1) is 17.5. The zero-order valence-electron chi connectivity index (χ0n) is 13.3. The third-order valence-corrected chi connectivity index (χ3v) is 4.56. The molecular weight excluding hydrogens is 318 g/mol. The van der Waals surface area contributed by atoms with Crippen molar-refractivity contribution in [2.45, 2.75) is 18.7 Å². The Bertz CT molecular complexity index is 551. The molecule has 0 radical (unpaired) electrons. The van der Waals surface area contributed by atoms with Crippen molar-refractivity contribution in [3.8, 4) is 11.5 Å². The van der Waals surface area contributed by atoms with Crippen molar-refractivity contribution in [1.82, 2.24) is 4.90 Å². The Morgan fingerprint density at radius 2 is 2.04 bits per heavy atom. The number of thioether (sulfide) groups is 1. The molecule has 6 nitrogen and oxygen atoms in total. The molecule has 126 valence electrons. The van der Waals surface area contributed by atoms with E-state index in [0.717, 1.165) is 5.75 Å². The summed E-state index contributed by atoms with van der Waals surface area (Å²) in [6.45, 7) is 2.96. The number of para-hydroxylation sites is 2. The van der Waals surface area contributed by atoms with E-state index in [-0.39, 0.29) is 24.3 Å². The van der Waals surface area contributed by atoms with E-state index in [1.54, 1.807) is 30.7 Å². The molecule has 1 saturated heterocycles. The standard InChI is InChI=1S/C16H21NO5S/c1-3-21-16(19)10-14(18)17-8-9-23-15(17)11-22-13-7-5-4-6-12(13)20-2/h4-7,15H,3,8-11H2,1-2H3/t15-/m1/s1. The first-order valence-corrected chi connectivity index (χ1v) is 8.53. The molecule has 1 heterocycles. The van der Waals surface area contributed by atoms with Gasteiger partial charge >= 0.3 is 5.97 Å². The van der Waals surface area contributed by atoms with E-state index in [9.17, 15) is 9.59 Å². The van der Waals surface area contributed by atoms with Crippen LogP contribution in [-0.2, 0) is 14.3 Å². The molecule has 0 bridgehead atoms. The van der Waals surface area contributed by atoms with Crippen LogP contribution in [0.15, 0.2) is 24.3 Å². The highest BCUT2D eigenvalue weighted by atomic mass is 32.2. The molecule has 0 spiro atoms. The topological polar surface area (TPSA) is 65.1 Å². The number of hydrogen-bond donors (Lipinski definition) is 0. The summed E-state index contributed by atoms with van der Waals surface area (Å²) in [4.78, 5) is 25.3. The molecule has 1 atom stereocenters. The summed E-state index contributed by atoms with van der Waals surface area (Å²) in [7, 11) is 1.59. The van der Waals surface area contributed by atoms with Gasteiger partial charge in [0.15, 0.2) is 11.5 Å². The van der Waals surface area contributed by atoms with E-state index in [4.69, 9.17) is 14.2 Å². The third-order valence-electron chi connectivity index (χ3n) is 3.36. The highest BCUT2D eigenvalue weighted by molar-refractivity contribution is 8.00. The maximum absolute atomic E-state index is 12.2. The Kier molecular flexibility index (Phi) is 6.58. The van der Waals surface area contributed by atoms with Crippen LogP contribution in [0, 0.1) is 0 Å². The van der Waals surface area contributed by atoms with E-state index < -0.39 is 5.97 Å². The lowest BCUT2D eigenvalue weighted by Crippen LogP contribution is -2.39. The van der Waals surface area contributed by atoms with Gasteiger partial charge in [-0.3, -0.25) is 9.59 Å². The van der Waals surface area contributed by atoms with Crippen molar-refractivity contribution in [2.24, 2.45) is 0 Å². The summed E-state index contributed by atoms with van der Waals surface area (Å²) >= 11 is 1.64. The van der Waals surface area contributed by atoms with Gasteiger partial charge in [0.2, 0.25) is 5.91 Å². The Morgan fingerprint density at radius 1 is 1.30 bits per heavy atom. The zero-order valence-corrected chi connectivity index (χ0v) is 14.1. The normalized spacial score (nSPS) is 17.0. The Hall–Kier alpha value is -1.89. The predicted octanol–water partition coefficient (Wildman–Crippen LogP) is 1.93. The van der Waals surface area contributed by atoms with Crippen molar-refractivity contribution < 1.29 is 23.8 Å². The van der Waals surface area contributed by atoms with Gasteiger partial charge in [-0.25, -0.2) is 0 Å². The highest BCUT2D eigenvalue weighted by Crippen LogP contribution is 2.29. The number of benzene rings is 1. The van der Waals surface area contributed by atoms with Gasteiger partial charge in [0, 0.05) is 12.3 Å². The number of carbonyl (C=O) groups excluding carboxylic acids is 2. The van der Waals surface area contributed by atoms with Crippen LogP contribution in [0.25, 0.3) is 0 Å². The van der Waals surface area contributed by atoms with Crippen LogP contribution in [0.5, 0.6) is 11.5 Å². The Labute approximate surface area is 140 Å². The van der Waals surface area contributed by atoms with Crippen molar-refractivity contribution in [1.29, 1.82) is 0 Å². The summed E-state index contributed by atoms with van der Waals surface area (Å²) < 4.78 is 15.9. The van der Waals surface area contributed by atoms with Crippen LogP contribution in [0.1, 0.15) is 13.3 Å². The monoisotopic (exact) mass is 339 g/mol. The Balaban J connectivity index is 1.91. The first-order valence-electron chi connectivity index (χ1n) is 7.48. The minimum atomic E-state index is -0.487. The fourth-order valence-corrected chi connectivity index (χ4v) is 3.42. The number of hydrogen-bond acceptors (Lipinski definition) is 6. The number of esters is 1. The van der Waals surface area contributed by atoms with E-state index >= 15 is 0 Å². The molecule has 23 heavy (non-hydrogen) atoms. The van der Waals surface area contributed by atoms with Crippen molar-refractivity contribution >= 4 is 23.6 Å². The van der Waals surface area contributed by atoms with Gasteiger partial charge < -0.3 is 19.1 Å². The molecule has 0 aliphatic carbocycles. The number of carbonyl (C=O) groups is 2. The Morgan fingerprint density at radius 3 is 2.74 bits per heavy atom. The van der Waals surface area contributed by atoms with Gasteiger partial charge in [-0.05, 0) is 19.1 Å². The number of nitrogens with zero attached hydrogens (tertiary/aromatic N) is 1. The van der Waals surface area contributed by atoms with Gasteiger partial charge in [0.05, 0.1) is 13.7 Å². The molecular formula is C16H21NO5S. The lowest BCUT2D eigenvalue weighted by Gasteiger charge is -2.24. The van der Waals surface area contributed by atoms with Crippen molar-refractivity contribution in [3.05, 3.63) is 24.3 Å². The second-order valence-electron chi connectivity index (χ2n) is 4.86. The fraction of sp³-hybridized carbons (Fsp3) is 0.500. The number of amides is 1. The van der Waals surface area contributed by atoms with Gasteiger partial charge in [0.25, 0.3) is 0 Å². The molecule has 0 saturated carbocycles. The quantitative estimate of drug-likeness (QED) is 0.559. The summed E-state index contributed by atoms with van der Waals surface area (Å²) in [6.07, 6.45) is -0.223. The summed E-state index contributed by atoms with van der Waals surface area (Å²) in [5.74, 6) is 1.41. The molecule has 1 aromatic carbocycles. The first-order chi connectivity index (χ1) is 11.2. The summed E-state index contributed by atoms with van der Waals surface area (Å²) in [5.41, 5.74) is 0. The molecule has 2 rings (SSSR count). The number of ether oxygens (including phenoxy) is 3. The molecule has 0 unspecified atom stereocenters. The maximum Gasteiger partial charge on any atom is 0.315 e. The van der Waals surface area contributed by atoms with Crippen molar-refractivity contribution in [3.63, 3.8) is 0 Å². The smallest absolute Gasteiger partial charge is 0.315 e. The van der Waals surface area contributed by atoms with Crippen LogP contribution in [0.3, 0.4) is 0 Å². The maximum atomic E-state index is 12.2. The van der Waals surface area contributed by atoms with Crippen LogP contribution >= 0.6 is 11.8 Å². The van der Waals surface area contributed by atoms with Crippen LogP contribution < -0.4 is 9.47 Å². The van der Waals surface area contributed by atoms with Crippen LogP contribution in [-0.4, -0.2) is 54.8 Å². The SMILES string of the molecule is CCOC(=O)CC(=O)N1CCS[C@@H]1COc1ccccc1OC. The average Bonchev–Trinajstić information content (AvgIpc) is 3.02. The minimum absolute atomic E-state index is 0.109. The zero-order chi connectivity index (χ0) is 16.7.